The largest absolute Gasteiger partial charge is 0.367 e. The number of nitrogen functional groups attached to an aromatic ring is 1. The van der Waals surface area contributed by atoms with Crippen molar-refractivity contribution in [2.45, 2.75) is 19.5 Å². The lowest BCUT2D eigenvalue weighted by molar-refractivity contribution is -0.134. The highest BCUT2D eigenvalue weighted by atomic mass is 16.2. The first-order valence-corrected chi connectivity index (χ1v) is 5.69. The van der Waals surface area contributed by atoms with Gasteiger partial charge in [-0.1, -0.05) is 0 Å². The average Bonchev–Trinajstić information content (AvgIpc) is 2.68. The van der Waals surface area contributed by atoms with Crippen LogP contribution in [0.2, 0.25) is 0 Å². The lowest BCUT2D eigenvalue weighted by atomic mass is 10.2. The van der Waals surface area contributed by atoms with E-state index in [1.165, 1.54) is 11.0 Å². The summed E-state index contributed by atoms with van der Waals surface area (Å²) in [7, 11) is 2.07. The topological polar surface area (TPSA) is 80.3 Å². The quantitative estimate of drug-likeness (QED) is 0.716. The Morgan fingerprint density at radius 3 is 2.94 bits per heavy atom. The van der Waals surface area contributed by atoms with E-state index >= 15 is 0 Å². The van der Waals surface area contributed by atoms with E-state index < -0.39 is 0 Å². The number of carbonyl (C=O) groups is 1. The van der Waals surface area contributed by atoms with E-state index in [2.05, 4.69) is 29.0 Å². The van der Waals surface area contributed by atoms with Crippen LogP contribution in [0.5, 0.6) is 0 Å². The Morgan fingerprint density at radius 1 is 1.59 bits per heavy atom. The van der Waals surface area contributed by atoms with Gasteiger partial charge in [0.05, 0.1) is 0 Å². The molecule has 0 radical (unpaired) electrons. The Labute approximate surface area is 100 Å². The Bertz CT molecular complexity index is 403. The molecule has 0 spiro atoms. The fraction of sp³-hybridized carbons (Fsp3) is 0.700. The van der Waals surface area contributed by atoms with Crippen molar-refractivity contribution in [3.8, 4) is 0 Å². The SMILES string of the molecule is CC1CN(C(=O)Cn2cnc(N)n2)CCN1C. The molecule has 1 saturated heterocycles. The standard InChI is InChI=1S/C10H18N6O/c1-8-5-15(4-3-14(8)2)9(17)6-16-7-12-10(11)13-16/h7-8H,3-6H2,1-2H3,(H2,11,13). The maximum absolute atomic E-state index is 12.0. The van der Waals surface area contributed by atoms with Gasteiger partial charge in [0.15, 0.2) is 0 Å². The zero-order chi connectivity index (χ0) is 12.4. The molecule has 1 atom stereocenters. The molecule has 2 heterocycles. The van der Waals surface area contributed by atoms with Crippen molar-refractivity contribution in [3.05, 3.63) is 6.33 Å². The third-order valence-electron chi connectivity index (χ3n) is 3.16. The fourth-order valence-corrected chi connectivity index (χ4v) is 1.90. The van der Waals surface area contributed by atoms with Crippen LogP contribution in [0, 0.1) is 0 Å². The van der Waals surface area contributed by atoms with Crippen molar-refractivity contribution in [2.24, 2.45) is 0 Å². The third-order valence-corrected chi connectivity index (χ3v) is 3.16. The first-order chi connectivity index (χ1) is 8.06. The van der Waals surface area contributed by atoms with Gasteiger partial charge in [0, 0.05) is 25.7 Å². The van der Waals surface area contributed by atoms with Crippen LogP contribution in [0.3, 0.4) is 0 Å². The van der Waals surface area contributed by atoms with Gasteiger partial charge in [0.25, 0.3) is 0 Å². The zero-order valence-corrected chi connectivity index (χ0v) is 10.2. The molecule has 0 aliphatic carbocycles. The molecule has 0 aromatic carbocycles. The van der Waals surface area contributed by atoms with Gasteiger partial charge in [-0.15, -0.1) is 5.10 Å². The summed E-state index contributed by atoms with van der Waals surface area (Å²) in [5.74, 6) is 0.263. The molecule has 2 rings (SSSR count). The maximum atomic E-state index is 12.0. The van der Waals surface area contributed by atoms with E-state index in [9.17, 15) is 4.79 Å². The monoisotopic (exact) mass is 238 g/mol. The minimum atomic E-state index is 0.0647. The van der Waals surface area contributed by atoms with Gasteiger partial charge in [0.2, 0.25) is 11.9 Å². The smallest absolute Gasteiger partial charge is 0.244 e. The number of amides is 1. The summed E-state index contributed by atoms with van der Waals surface area (Å²) in [6, 6.07) is 0.397. The molecule has 94 valence electrons. The van der Waals surface area contributed by atoms with E-state index in [1.807, 2.05) is 4.90 Å². The molecule has 7 heteroatoms. The van der Waals surface area contributed by atoms with E-state index in [4.69, 9.17) is 5.73 Å². The van der Waals surface area contributed by atoms with Crippen LogP contribution in [0.4, 0.5) is 5.95 Å². The molecule has 1 amide bonds. The minimum absolute atomic E-state index is 0.0647. The van der Waals surface area contributed by atoms with E-state index in [1.54, 1.807) is 0 Å². The first-order valence-electron chi connectivity index (χ1n) is 5.69. The number of anilines is 1. The van der Waals surface area contributed by atoms with Gasteiger partial charge in [-0.05, 0) is 14.0 Å². The average molecular weight is 238 g/mol. The van der Waals surface area contributed by atoms with Crippen LogP contribution in [0.1, 0.15) is 6.92 Å². The number of hydrogen-bond donors (Lipinski definition) is 1. The molecule has 0 bridgehead atoms. The Morgan fingerprint density at radius 2 is 2.35 bits per heavy atom. The summed E-state index contributed by atoms with van der Waals surface area (Å²) < 4.78 is 1.47. The highest BCUT2D eigenvalue weighted by Crippen LogP contribution is 2.07. The number of rotatable bonds is 2. The second-order valence-corrected chi connectivity index (χ2v) is 4.47. The Balaban J connectivity index is 1.92. The lowest BCUT2D eigenvalue weighted by Crippen LogP contribution is -2.52. The maximum Gasteiger partial charge on any atom is 0.244 e. The number of piperazine rings is 1. The molecule has 1 aromatic heterocycles. The number of nitrogens with two attached hydrogens (primary N) is 1. The second-order valence-electron chi connectivity index (χ2n) is 4.47. The number of aromatic nitrogens is 3. The number of carbonyl (C=O) groups excluding carboxylic acids is 1. The molecule has 1 aliphatic heterocycles. The van der Waals surface area contributed by atoms with Crippen LogP contribution in [-0.4, -0.2) is 63.2 Å². The molecular formula is C10H18N6O. The van der Waals surface area contributed by atoms with Crippen molar-refractivity contribution in [3.63, 3.8) is 0 Å². The third kappa shape index (κ3) is 2.73. The lowest BCUT2D eigenvalue weighted by Gasteiger charge is -2.37. The number of likely N-dealkylation sites (N-methyl/N-ethyl adjacent to an activating group) is 1. The summed E-state index contributed by atoms with van der Waals surface area (Å²) >= 11 is 0. The van der Waals surface area contributed by atoms with Crippen LogP contribution in [0.25, 0.3) is 0 Å². The van der Waals surface area contributed by atoms with E-state index in [-0.39, 0.29) is 18.4 Å². The first kappa shape index (κ1) is 11.8. The minimum Gasteiger partial charge on any atom is -0.367 e. The van der Waals surface area contributed by atoms with Gasteiger partial charge in [-0.2, -0.15) is 0 Å². The molecule has 0 saturated carbocycles. The molecule has 1 fully saturated rings. The predicted molar refractivity (Wildman–Crippen MR) is 63.1 cm³/mol. The van der Waals surface area contributed by atoms with Crippen molar-refractivity contribution in [2.75, 3.05) is 32.4 Å². The molecule has 1 aromatic rings. The molecule has 1 unspecified atom stereocenters. The molecule has 1 aliphatic rings. The predicted octanol–water partition coefficient (Wildman–Crippen LogP) is -0.977. The van der Waals surface area contributed by atoms with Crippen molar-refractivity contribution < 1.29 is 4.79 Å². The molecule has 2 N–H and O–H groups in total. The summed E-state index contributed by atoms with van der Waals surface area (Å²) in [6.07, 6.45) is 1.48. The summed E-state index contributed by atoms with van der Waals surface area (Å²) in [5.41, 5.74) is 5.40. The van der Waals surface area contributed by atoms with Crippen molar-refractivity contribution >= 4 is 11.9 Å². The summed E-state index contributed by atoms with van der Waals surface area (Å²) in [6.45, 7) is 4.77. The molecule has 17 heavy (non-hydrogen) atoms. The van der Waals surface area contributed by atoms with Crippen LogP contribution >= 0.6 is 0 Å². The van der Waals surface area contributed by atoms with Crippen molar-refractivity contribution in [1.29, 1.82) is 0 Å². The zero-order valence-electron chi connectivity index (χ0n) is 10.2. The molecule has 7 nitrogen and oxygen atoms in total. The fourth-order valence-electron chi connectivity index (χ4n) is 1.90. The normalized spacial score (nSPS) is 21.8. The summed E-state index contributed by atoms with van der Waals surface area (Å²) in [5, 5.41) is 3.90. The van der Waals surface area contributed by atoms with E-state index in [0.29, 0.717) is 6.04 Å². The van der Waals surface area contributed by atoms with Gasteiger partial charge in [0.1, 0.15) is 12.9 Å². The van der Waals surface area contributed by atoms with Gasteiger partial charge >= 0.3 is 0 Å². The Kier molecular flexibility index (Phi) is 3.28. The second kappa shape index (κ2) is 4.70. The summed E-state index contributed by atoms with van der Waals surface area (Å²) in [4.78, 5) is 19.9. The highest BCUT2D eigenvalue weighted by Gasteiger charge is 2.24. The number of hydrogen-bond acceptors (Lipinski definition) is 5. The van der Waals surface area contributed by atoms with E-state index in [0.717, 1.165) is 19.6 Å². The Hall–Kier alpha value is -1.63. The van der Waals surface area contributed by atoms with Crippen LogP contribution < -0.4 is 5.73 Å². The van der Waals surface area contributed by atoms with Gasteiger partial charge in [-0.25, -0.2) is 9.67 Å². The van der Waals surface area contributed by atoms with Gasteiger partial charge < -0.3 is 15.5 Å². The van der Waals surface area contributed by atoms with Crippen molar-refractivity contribution in [1.82, 2.24) is 24.6 Å². The van der Waals surface area contributed by atoms with Crippen LogP contribution in [0.15, 0.2) is 6.33 Å². The highest BCUT2D eigenvalue weighted by molar-refractivity contribution is 5.76. The van der Waals surface area contributed by atoms with Gasteiger partial charge in [-0.3, -0.25) is 4.79 Å². The molecular weight excluding hydrogens is 220 g/mol. The van der Waals surface area contributed by atoms with Crippen LogP contribution in [-0.2, 0) is 11.3 Å². The number of nitrogens with zero attached hydrogens (tertiary/aromatic N) is 5.